The number of nitrogens with zero attached hydrogens (tertiary/aromatic N) is 2. The third kappa shape index (κ3) is 3.23. The van der Waals surface area contributed by atoms with Crippen molar-refractivity contribution in [3.05, 3.63) is 70.7 Å². The molecule has 0 saturated heterocycles. The van der Waals surface area contributed by atoms with Gasteiger partial charge in [-0.15, -0.1) is 0 Å². The molecule has 2 aromatic heterocycles. The Labute approximate surface area is 140 Å². The lowest BCUT2D eigenvalue weighted by Crippen LogP contribution is -2.24. The molecular weight excluding hydrogens is 306 g/mol. The maximum Gasteiger partial charge on any atom is 0.276 e. The van der Waals surface area contributed by atoms with Crippen molar-refractivity contribution >= 4 is 5.91 Å². The average Bonchev–Trinajstić information content (AvgIpc) is 3.11. The smallest absolute Gasteiger partial charge is 0.276 e. The summed E-state index contributed by atoms with van der Waals surface area (Å²) in [5, 5.41) is 4.01. The Morgan fingerprint density at radius 2 is 1.96 bits per heavy atom. The summed E-state index contributed by atoms with van der Waals surface area (Å²) in [5.74, 6) is 1.09. The van der Waals surface area contributed by atoms with Gasteiger partial charge in [-0.25, -0.2) is 5.48 Å². The first-order valence-corrected chi connectivity index (χ1v) is 7.65. The molecule has 2 heterocycles. The Bertz CT molecular complexity index is 850. The van der Waals surface area contributed by atoms with Crippen LogP contribution in [0, 0.1) is 20.8 Å². The van der Waals surface area contributed by atoms with Crippen molar-refractivity contribution < 1.29 is 14.2 Å². The molecule has 0 atom stereocenters. The third-order valence-corrected chi connectivity index (χ3v) is 3.77. The fourth-order valence-corrected chi connectivity index (χ4v) is 2.62. The molecule has 0 aliphatic carbocycles. The number of amides is 1. The van der Waals surface area contributed by atoms with Crippen LogP contribution in [0.1, 0.15) is 33.1 Å². The zero-order valence-corrected chi connectivity index (χ0v) is 13.9. The highest BCUT2D eigenvalue weighted by Crippen LogP contribution is 2.20. The van der Waals surface area contributed by atoms with Gasteiger partial charge >= 0.3 is 0 Å². The molecule has 1 amide bonds. The number of hydroxylamine groups is 1. The van der Waals surface area contributed by atoms with Gasteiger partial charge in [-0.2, -0.15) is 0 Å². The number of nitrogens with one attached hydrogen (secondary N) is 1. The molecule has 6 heteroatoms. The van der Waals surface area contributed by atoms with Crippen LogP contribution >= 0.6 is 0 Å². The van der Waals surface area contributed by atoms with Crippen molar-refractivity contribution in [3.8, 4) is 5.82 Å². The van der Waals surface area contributed by atoms with Gasteiger partial charge in [0.05, 0.1) is 12.2 Å². The molecule has 0 unspecified atom stereocenters. The molecule has 1 aromatic carbocycles. The lowest BCUT2D eigenvalue weighted by atomic mass is 10.2. The van der Waals surface area contributed by atoms with Gasteiger partial charge < -0.3 is 4.52 Å². The van der Waals surface area contributed by atoms with E-state index in [1.54, 1.807) is 6.07 Å². The zero-order valence-electron chi connectivity index (χ0n) is 13.9. The molecule has 124 valence electrons. The van der Waals surface area contributed by atoms with Gasteiger partial charge in [-0.05, 0) is 32.4 Å². The van der Waals surface area contributed by atoms with Crippen LogP contribution < -0.4 is 5.48 Å². The quantitative estimate of drug-likeness (QED) is 0.731. The number of rotatable bonds is 5. The molecule has 0 fully saturated rings. The van der Waals surface area contributed by atoms with Gasteiger partial charge in [0.25, 0.3) is 5.91 Å². The van der Waals surface area contributed by atoms with E-state index in [2.05, 4.69) is 10.6 Å². The van der Waals surface area contributed by atoms with Crippen LogP contribution in [0.2, 0.25) is 0 Å². The molecule has 6 nitrogen and oxygen atoms in total. The molecule has 0 saturated carbocycles. The van der Waals surface area contributed by atoms with Crippen LogP contribution in [-0.4, -0.2) is 15.6 Å². The summed E-state index contributed by atoms with van der Waals surface area (Å²) in [6.45, 7) is 5.92. The predicted molar refractivity (Wildman–Crippen MR) is 88.7 cm³/mol. The molecule has 0 radical (unpaired) electrons. The number of aromatic nitrogens is 2. The summed E-state index contributed by atoms with van der Waals surface area (Å²) in [6.07, 6.45) is 0. The number of hydrogen-bond acceptors (Lipinski definition) is 4. The standard InChI is InChI=1S/C18H19N3O3/c1-12-9-16(14(3)21(12)17-10-13(2)24-19-17)18(22)20-23-11-15-7-5-4-6-8-15/h4-10H,11H2,1-3H3,(H,20,22). The van der Waals surface area contributed by atoms with E-state index < -0.39 is 0 Å². The summed E-state index contributed by atoms with van der Waals surface area (Å²) in [6, 6.07) is 13.3. The highest BCUT2D eigenvalue weighted by molar-refractivity contribution is 5.95. The monoisotopic (exact) mass is 325 g/mol. The maximum absolute atomic E-state index is 12.4. The maximum atomic E-state index is 12.4. The number of hydrogen-bond donors (Lipinski definition) is 1. The topological polar surface area (TPSA) is 69.3 Å². The number of carbonyl (C=O) groups excluding carboxylic acids is 1. The van der Waals surface area contributed by atoms with Crippen molar-refractivity contribution in [1.82, 2.24) is 15.2 Å². The Balaban J connectivity index is 1.71. The van der Waals surface area contributed by atoms with E-state index in [9.17, 15) is 4.79 Å². The van der Waals surface area contributed by atoms with Gasteiger partial charge in [0.15, 0.2) is 5.82 Å². The summed E-state index contributed by atoms with van der Waals surface area (Å²) in [4.78, 5) is 17.7. The molecule has 0 aliphatic rings. The van der Waals surface area contributed by atoms with Crippen molar-refractivity contribution in [2.75, 3.05) is 0 Å². The van der Waals surface area contributed by atoms with E-state index in [0.717, 1.165) is 22.7 Å². The minimum atomic E-state index is -0.287. The number of aryl methyl sites for hydroxylation is 2. The average molecular weight is 325 g/mol. The van der Waals surface area contributed by atoms with Crippen LogP contribution in [0.25, 0.3) is 5.82 Å². The summed E-state index contributed by atoms with van der Waals surface area (Å²) in [7, 11) is 0. The highest BCUT2D eigenvalue weighted by atomic mass is 16.6. The van der Waals surface area contributed by atoms with Crippen LogP contribution in [-0.2, 0) is 11.4 Å². The first-order valence-electron chi connectivity index (χ1n) is 7.65. The molecular formula is C18H19N3O3. The van der Waals surface area contributed by atoms with E-state index in [-0.39, 0.29) is 5.91 Å². The Kier molecular flexibility index (Phi) is 4.48. The molecule has 3 rings (SSSR count). The molecule has 0 bridgehead atoms. The summed E-state index contributed by atoms with van der Waals surface area (Å²) in [5.41, 5.74) is 5.70. The van der Waals surface area contributed by atoms with Crippen LogP contribution in [0.15, 0.2) is 47.0 Å². The third-order valence-electron chi connectivity index (χ3n) is 3.77. The van der Waals surface area contributed by atoms with Crippen LogP contribution in [0.3, 0.4) is 0 Å². The molecule has 0 aliphatic heterocycles. The number of benzene rings is 1. The SMILES string of the molecule is Cc1cc(-n2c(C)cc(C(=O)NOCc3ccccc3)c2C)no1. The molecule has 1 N–H and O–H groups in total. The largest absolute Gasteiger partial charge is 0.360 e. The molecule has 0 spiro atoms. The van der Waals surface area contributed by atoms with E-state index in [0.29, 0.717) is 18.0 Å². The van der Waals surface area contributed by atoms with Gasteiger partial charge in [0, 0.05) is 17.5 Å². The summed E-state index contributed by atoms with van der Waals surface area (Å²) >= 11 is 0. The second kappa shape index (κ2) is 6.72. The Hall–Kier alpha value is -2.86. The predicted octanol–water partition coefficient (Wildman–Crippen LogP) is 3.25. The van der Waals surface area contributed by atoms with Crippen molar-refractivity contribution in [2.24, 2.45) is 0 Å². The van der Waals surface area contributed by atoms with Crippen molar-refractivity contribution in [3.63, 3.8) is 0 Å². The minimum absolute atomic E-state index is 0.287. The Morgan fingerprint density at radius 1 is 1.21 bits per heavy atom. The Morgan fingerprint density at radius 3 is 2.62 bits per heavy atom. The molecule has 24 heavy (non-hydrogen) atoms. The lowest BCUT2D eigenvalue weighted by molar-refractivity contribution is 0.0233. The highest BCUT2D eigenvalue weighted by Gasteiger charge is 2.18. The van der Waals surface area contributed by atoms with E-state index in [1.165, 1.54) is 0 Å². The second-order valence-corrected chi connectivity index (χ2v) is 5.62. The van der Waals surface area contributed by atoms with Crippen molar-refractivity contribution in [2.45, 2.75) is 27.4 Å². The zero-order chi connectivity index (χ0) is 17.1. The van der Waals surface area contributed by atoms with Crippen LogP contribution in [0.4, 0.5) is 0 Å². The van der Waals surface area contributed by atoms with Crippen LogP contribution in [0.5, 0.6) is 0 Å². The van der Waals surface area contributed by atoms with Crippen molar-refractivity contribution in [1.29, 1.82) is 0 Å². The van der Waals surface area contributed by atoms with E-state index in [1.807, 2.05) is 61.7 Å². The normalized spacial score (nSPS) is 10.8. The van der Waals surface area contributed by atoms with Gasteiger partial charge in [0.2, 0.25) is 0 Å². The first-order chi connectivity index (χ1) is 11.6. The second-order valence-electron chi connectivity index (χ2n) is 5.62. The van der Waals surface area contributed by atoms with E-state index >= 15 is 0 Å². The minimum Gasteiger partial charge on any atom is -0.360 e. The van der Waals surface area contributed by atoms with Gasteiger partial charge in [0.1, 0.15) is 5.76 Å². The summed E-state index contributed by atoms with van der Waals surface area (Å²) < 4.78 is 6.99. The first kappa shape index (κ1) is 16.0. The van der Waals surface area contributed by atoms with E-state index in [4.69, 9.17) is 9.36 Å². The number of carbonyl (C=O) groups is 1. The van der Waals surface area contributed by atoms with Gasteiger partial charge in [-0.1, -0.05) is 35.5 Å². The van der Waals surface area contributed by atoms with Gasteiger partial charge in [-0.3, -0.25) is 14.2 Å². The fraction of sp³-hybridized carbons (Fsp3) is 0.222. The molecule has 3 aromatic rings. The fourth-order valence-electron chi connectivity index (χ4n) is 2.62. The lowest BCUT2D eigenvalue weighted by Gasteiger charge is -2.07.